The van der Waals surface area contributed by atoms with Crippen LogP contribution < -0.4 is 10.1 Å². The molecule has 5 heteroatoms. The van der Waals surface area contributed by atoms with Crippen molar-refractivity contribution in [2.45, 2.75) is 6.92 Å². The van der Waals surface area contributed by atoms with Gasteiger partial charge in [-0.1, -0.05) is 18.7 Å². The zero-order valence-corrected chi connectivity index (χ0v) is 12.1. The van der Waals surface area contributed by atoms with E-state index in [0.717, 1.165) is 11.4 Å². The smallest absolute Gasteiger partial charge is 0.197 e. The van der Waals surface area contributed by atoms with Crippen molar-refractivity contribution in [1.82, 2.24) is 0 Å². The molecule has 4 nitrogen and oxygen atoms in total. The van der Waals surface area contributed by atoms with Gasteiger partial charge in [0.15, 0.2) is 5.11 Å². The highest BCUT2D eigenvalue weighted by Gasteiger charge is 2.04. The first-order valence-corrected chi connectivity index (χ1v) is 6.12. The van der Waals surface area contributed by atoms with Crippen molar-refractivity contribution in [3.05, 3.63) is 36.9 Å². The van der Waals surface area contributed by atoms with E-state index in [9.17, 15) is 0 Å². The van der Waals surface area contributed by atoms with E-state index in [4.69, 9.17) is 17.0 Å². The highest BCUT2D eigenvalue weighted by Crippen LogP contribution is 2.23. The number of rotatable bonds is 4. The zero-order chi connectivity index (χ0) is 14.3. The van der Waals surface area contributed by atoms with Crippen molar-refractivity contribution in [2.75, 3.05) is 19.5 Å². The van der Waals surface area contributed by atoms with Gasteiger partial charge in [0.05, 0.1) is 24.2 Å². The third kappa shape index (κ3) is 4.30. The Hall–Kier alpha value is -2.01. The Morgan fingerprint density at radius 3 is 2.68 bits per heavy atom. The molecule has 0 fully saturated rings. The molecule has 0 heterocycles. The van der Waals surface area contributed by atoms with Crippen molar-refractivity contribution < 1.29 is 4.74 Å². The van der Waals surface area contributed by atoms with Crippen molar-refractivity contribution in [3.63, 3.8) is 0 Å². The summed E-state index contributed by atoms with van der Waals surface area (Å²) in [5, 5.41) is 3.36. The Balaban J connectivity index is 2.91. The van der Waals surface area contributed by atoms with Gasteiger partial charge in [-0.3, -0.25) is 4.99 Å². The third-order valence-corrected chi connectivity index (χ3v) is 2.66. The minimum Gasteiger partial charge on any atom is -0.495 e. The molecular formula is C14H17N3OS. The van der Waals surface area contributed by atoms with Crippen LogP contribution in [0.3, 0.4) is 0 Å². The van der Waals surface area contributed by atoms with E-state index >= 15 is 0 Å². The number of allylic oxidation sites excluding steroid dienone is 1. The van der Waals surface area contributed by atoms with E-state index in [0.29, 0.717) is 16.6 Å². The van der Waals surface area contributed by atoms with E-state index in [2.05, 4.69) is 21.9 Å². The first kappa shape index (κ1) is 15.0. The molecule has 0 aliphatic carbocycles. The Kier molecular flexibility index (Phi) is 5.89. The lowest BCUT2D eigenvalue weighted by atomic mass is 10.2. The van der Waals surface area contributed by atoms with E-state index in [-0.39, 0.29) is 0 Å². The van der Waals surface area contributed by atoms with E-state index in [1.54, 1.807) is 20.2 Å². The summed E-state index contributed by atoms with van der Waals surface area (Å²) in [5.74, 6) is 0.709. The topological polar surface area (TPSA) is 46.0 Å². The molecule has 100 valence electrons. The molecule has 0 spiro atoms. The SMILES string of the molecule is C=CC(=NC(=S)Nc1ccccc1OC)C(C)=NC. The van der Waals surface area contributed by atoms with Crippen molar-refractivity contribution in [2.24, 2.45) is 9.98 Å². The van der Waals surface area contributed by atoms with Crippen LogP contribution in [0, 0.1) is 0 Å². The average Bonchev–Trinajstić information content (AvgIpc) is 2.44. The number of benzene rings is 1. The van der Waals surface area contributed by atoms with Crippen molar-refractivity contribution >= 4 is 34.4 Å². The van der Waals surface area contributed by atoms with Crippen molar-refractivity contribution in [3.8, 4) is 5.75 Å². The Morgan fingerprint density at radius 2 is 2.11 bits per heavy atom. The fraction of sp³-hybridized carbons (Fsp3) is 0.214. The van der Waals surface area contributed by atoms with Crippen LogP contribution in [0.25, 0.3) is 0 Å². The molecular weight excluding hydrogens is 258 g/mol. The Morgan fingerprint density at radius 1 is 1.42 bits per heavy atom. The molecule has 19 heavy (non-hydrogen) atoms. The first-order valence-electron chi connectivity index (χ1n) is 5.71. The minimum absolute atomic E-state index is 0.336. The quantitative estimate of drug-likeness (QED) is 0.678. The molecule has 1 N–H and O–H groups in total. The van der Waals surface area contributed by atoms with Crippen LogP contribution in [0.15, 0.2) is 46.9 Å². The molecule has 0 radical (unpaired) electrons. The Bertz CT molecular complexity index is 535. The monoisotopic (exact) mass is 275 g/mol. The fourth-order valence-electron chi connectivity index (χ4n) is 1.39. The number of thiocarbonyl (C=S) groups is 1. The van der Waals surface area contributed by atoms with Gasteiger partial charge in [-0.15, -0.1) is 0 Å². The molecule has 1 rings (SSSR count). The number of nitrogens with zero attached hydrogens (tertiary/aromatic N) is 2. The van der Waals surface area contributed by atoms with Crippen LogP contribution in [0.1, 0.15) is 6.92 Å². The van der Waals surface area contributed by atoms with Gasteiger partial charge in [-0.25, -0.2) is 4.99 Å². The molecule has 0 aliphatic rings. The number of hydrogen-bond donors (Lipinski definition) is 1. The molecule has 1 aromatic rings. The largest absolute Gasteiger partial charge is 0.495 e. The number of aliphatic imine (C=N–C) groups is 2. The summed E-state index contributed by atoms with van der Waals surface area (Å²) < 4.78 is 5.23. The predicted molar refractivity (Wildman–Crippen MR) is 85.9 cm³/mol. The van der Waals surface area contributed by atoms with Gasteiger partial charge in [-0.05, 0) is 37.4 Å². The molecule has 0 aliphatic heterocycles. The predicted octanol–water partition coefficient (Wildman–Crippen LogP) is 3.11. The van der Waals surface area contributed by atoms with E-state index in [1.807, 2.05) is 31.2 Å². The van der Waals surface area contributed by atoms with Crippen LogP contribution in [0.5, 0.6) is 5.75 Å². The lowest BCUT2D eigenvalue weighted by Crippen LogP contribution is -2.14. The maximum absolute atomic E-state index is 5.23. The van der Waals surface area contributed by atoms with Crippen LogP contribution in [-0.4, -0.2) is 30.7 Å². The molecule has 0 atom stereocenters. The highest BCUT2D eigenvalue weighted by atomic mass is 32.1. The standard InChI is InChI=1S/C14H17N3OS/c1-5-11(10(2)15-3)16-14(19)17-12-8-6-7-9-13(12)18-4/h5-9H,1H2,2-4H3,(H,17,19). The molecule has 0 unspecified atom stereocenters. The van der Waals surface area contributed by atoms with Gasteiger partial charge in [-0.2, -0.15) is 0 Å². The number of ether oxygens (including phenoxy) is 1. The normalized spacial score (nSPS) is 11.9. The van der Waals surface area contributed by atoms with Crippen LogP contribution in [0.4, 0.5) is 5.69 Å². The summed E-state index contributed by atoms with van der Waals surface area (Å²) in [4.78, 5) is 8.33. The summed E-state index contributed by atoms with van der Waals surface area (Å²) in [6.07, 6.45) is 1.62. The van der Waals surface area contributed by atoms with Gasteiger partial charge in [0.2, 0.25) is 0 Å². The summed E-state index contributed by atoms with van der Waals surface area (Å²) in [7, 11) is 3.31. The second-order valence-corrected chi connectivity index (χ2v) is 4.03. The van der Waals surface area contributed by atoms with E-state index < -0.39 is 0 Å². The van der Waals surface area contributed by atoms with Gasteiger partial charge >= 0.3 is 0 Å². The summed E-state index contributed by atoms with van der Waals surface area (Å²) >= 11 is 5.20. The van der Waals surface area contributed by atoms with Crippen LogP contribution in [-0.2, 0) is 0 Å². The number of hydrogen-bond acceptors (Lipinski definition) is 3. The molecule has 0 bridgehead atoms. The lowest BCUT2D eigenvalue weighted by molar-refractivity contribution is 0.417. The number of nitrogens with one attached hydrogen (secondary N) is 1. The number of anilines is 1. The third-order valence-electron chi connectivity index (χ3n) is 2.47. The van der Waals surface area contributed by atoms with Crippen LogP contribution >= 0.6 is 12.2 Å². The first-order chi connectivity index (χ1) is 9.12. The van der Waals surface area contributed by atoms with Gasteiger partial charge in [0, 0.05) is 7.05 Å². The summed E-state index contributed by atoms with van der Waals surface area (Å²) in [5.41, 5.74) is 2.20. The summed E-state index contributed by atoms with van der Waals surface area (Å²) in [6.45, 7) is 5.55. The second kappa shape index (κ2) is 7.43. The van der Waals surface area contributed by atoms with Gasteiger partial charge in [0.1, 0.15) is 5.75 Å². The number of para-hydroxylation sites is 2. The molecule has 0 saturated heterocycles. The Labute approximate surface area is 118 Å². The second-order valence-electron chi connectivity index (χ2n) is 3.64. The molecule has 0 amide bonds. The van der Waals surface area contributed by atoms with E-state index in [1.165, 1.54) is 0 Å². The minimum atomic E-state index is 0.336. The lowest BCUT2D eigenvalue weighted by Gasteiger charge is -2.09. The highest BCUT2D eigenvalue weighted by molar-refractivity contribution is 7.80. The maximum atomic E-state index is 5.23. The molecule has 0 saturated carbocycles. The summed E-state index contributed by atoms with van der Waals surface area (Å²) in [6, 6.07) is 7.50. The van der Waals surface area contributed by atoms with Crippen molar-refractivity contribution in [1.29, 1.82) is 0 Å². The maximum Gasteiger partial charge on any atom is 0.197 e. The van der Waals surface area contributed by atoms with Gasteiger partial charge in [0.25, 0.3) is 0 Å². The van der Waals surface area contributed by atoms with Crippen LogP contribution in [0.2, 0.25) is 0 Å². The number of methoxy groups -OCH3 is 1. The average molecular weight is 275 g/mol. The fourth-order valence-corrected chi connectivity index (χ4v) is 1.60. The molecule has 1 aromatic carbocycles. The van der Waals surface area contributed by atoms with Gasteiger partial charge < -0.3 is 10.1 Å². The molecule has 0 aromatic heterocycles. The zero-order valence-electron chi connectivity index (χ0n) is 11.3.